The maximum absolute atomic E-state index is 9.08. The second-order valence-electron chi connectivity index (χ2n) is 8.51. The standard InChI is InChI=1S/C24H48N.CH4O3S/c1-5-9-13-14-15-16-17-18-19-20-24-25(21-10-6-2,22-11-7-3)23-12-8-4;1-5(2,3)4/h5,9,13-14H,6-8,10-12,15-24H2,1-4H3;1H3,(H,2,3,4)/q+1;/p-1/b9-5+,14-13+;. The Kier molecular flexibility index (Phi) is 22.7. The third kappa shape index (κ3) is 25.4. The van der Waals surface area contributed by atoms with Gasteiger partial charge in [0.2, 0.25) is 0 Å². The van der Waals surface area contributed by atoms with Crippen LogP contribution >= 0.6 is 0 Å². The average Bonchev–Trinajstić information content (AvgIpc) is 2.69. The zero-order valence-corrected chi connectivity index (χ0v) is 21.5. The summed E-state index contributed by atoms with van der Waals surface area (Å²) in [5.74, 6) is 0. The molecule has 4 nitrogen and oxygen atoms in total. The second kappa shape index (κ2) is 21.6. The van der Waals surface area contributed by atoms with E-state index in [1.807, 2.05) is 0 Å². The van der Waals surface area contributed by atoms with Gasteiger partial charge in [0.25, 0.3) is 0 Å². The van der Waals surface area contributed by atoms with Gasteiger partial charge in [-0.15, -0.1) is 0 Å². The third-order valence-corrected chi connectivity index (χ3v) is 5.40. The molecule has 0 fully saturated rings. The smallest absolute Gasteiger partial charge is 0.0916 e. The minimum absolute atomic E-state index is 0.604. The molecule has 0 atom stereocenters. The van der Waals surface area contributed by atoms with Crippen molar-refractivity contribution in [2.24, 2.45) is 0 Å². The van der Waals surface area contributed by atoms with Gasteiger partial charge in [0.05, 0.1) is 36.3 Å². The van der Waals surface area contributed by atoms with Gasteiger partial charge in [-0.25, -0.2) is 8.42 Å². The van der Waals surface area contributed by atoms with Crippen molar-refractivity contribution in [3.63, 3.8) is 0 Å². The van der Waals surface area contributed by atoms with E-state index in [1.165, 1.54) is 108 Å². The number of quaternary nitrogens is 1. The Hall–Kier alpha value is -0.650. The predicted molar refractivity (Wildman–Crippen MR) is 132 cm³/mol. The van der Waals surface area contributed by atoms with E-state index in [9.17, 15) is 0 Å². The Bertz CT molecular complexity index is 483. The van der Waals surface area contributed by atoms with Crippen LogP contribution in [-0.2, 0) is 10.1 Å². The van der Waals surface area contributed by atoms with Crippen LogP contribution in [-0.4, -0.2) is 49.9 Å². The summed E-state index contributed by atoms with van der Waals surface area (Å²) in [7, 11) is -3.92. The highest BCUT2D eigenvalue weighted by molar-refractivity contribution is 7.84. The zero-order chi connectivity index (χ0) is 23.1. The number of unbranched alkanes of at least 4 members (excludes halogenated alkanes) is 8. The molecule has 0 saturated heterocycles. The van der Waals surface area contributed by atoms with E-state index in [0.717, 1.165) is 0 Å². The number of hydrogen-bond donors (Lipinski definition) is 0. The van der Waals surface area contributed by atoms with Crippen molar-refractivity contribution in [1.82, 2.24) is 0 Å². The predicted octanol–water partition coefficient (Wildman–Crippen LogP) is 6.84. The van der Waals surface area contributed by atoms with Gasteiger partial charge < -0.3 is 9.04 Å². The largest absolute Gasteiger partial charge is 0.748 e. The summed E-state index contributed by atoms with van der Waals surface area (Å²) in [4.78, 5) is 0. The highest BCUT2D eigenvalue weighted by atomic mass is 32.2. The van der Waals surface area contributed by atoms with Gasteiger partial charge in [-0.2, -0.15) is 0 Å². The monoisotopic (exact) mass is 445 g/mol. The minimum Gasteiger partial charge on any atom is -0.748 e. The summed E-state index contributed by atoms with van der Waals surface area (Å²) < 4.78 is 28.6. The molecule has 5 heteroatoms. The molecule has 180 valence electrons. The summed E-state index contributed by atoms with van der Waals surface area (Å²) in [6, 6.07) is 0. The maximum Gasteiger partial charge on any atom is 0.0916 e. The van der Waals surface area contributed by atoms with E-state index >= 15 is 0 Å². The molecule has 0 aliphatic rings. The number of hydrogen-bond acceptors (Lipinski definition) is 3. The van der Waals surface area contributed by atoms with Crippen LogP contribution in [0, 0.1) is 0 Å². The van der Waals surface area contributed by atoms with Gasteiger partial charge in [0, 0.05) is 6.26 Å². The molecular weight excluding hydrogens is 394 g/mol. The van der Waals surface area contributed by atoms with Crippen LogP contribution in [0.2, 0.25) is 0 Å². The van der Waals surface area contributed by atoms with Crippen molar-refractivity contribution in [2.45, 2.75) is 105 Å². The van der Waals surface area contributed by atoms with E-state index in [0.29, 0.717) is 6.26 Å². The lowest BCUT2D eigenvalue weighted by molar-refractivity contribution is -0.929. The van der Waals surface area contributed by atoms with Gasteiger partial charge in [-0.05, 0) is 51.9 Å². The fourth-order valence-corrected chi connectivity index (χ4v) is 3.68. The summed E-state index contributed by atoms with van der Waals surface area (Å²) in [5, 5.41) is 0. The highest BCUT2D eigenvalue weighted by Crippen LogP contribution is 2.17. The topological polar surface area (TPSA) is 57.2 Å². The third-order valence-electron chi connectivity index (χ3n) is 5.40. The molecule has 0 N–H and O–H groups in total. The quantitative estimate of drug-likeness (QED) is 0.100. The average molecular weight is 446 g/mol. The van der Waals surface area contributed by atoms with Crippen LogP contribution in [0.4, 0.5) is 0 Å². The Morgan fingerprint density at radius 1 is 0.700 bits per heavy atom. The van der Waals surface area contributed by atoms with E-state index in [-0.39, 0.29) is 0 Å². The Labute approximate surface area is 189 Å². The number of rotatable bonds is 18. The van der Waals surface area contributed by atoms with Crippen LogP contribution in [0.1, 0.15) is 105 Å². The van der Waals surface area contributed by atoms with Gasteiger partial charge in [0.15, 0.2) is 0 Å². The first-order chi connectivity index (χ1) is 14.2. The fraction of sp³-hybridized carbons (Fsp3) is 0.840. The lowest BCUT2D eigenvalue weighted by atomic mass is 10.1. The Morgan fingerprint density at radius 3 is 1.53 bits per heavy atom. The maximum atomic E-state index is 9.08. The van der Waals surface area contributed by atoms with Gasteiger partial charge in [-0.1, -0.05) is 77.2 Å². The summed E-state index contributed by atoms with van der Waals surface area (Å²) in [6.45, 7) is 14.8. The fourth-order valence-electron chi connectivity index (χ4n) is 3.68. The summed E-state index contributed by atoms with van der Waals surface area (Å²) in [5.41, 5.74) is 0. The van der Waals surface area contributed by atoms with Crippen LogP contribution < -0.4 is 0 Å². The van der Waals surface area contributed by atoms with Gasteiger partial charge in [0.1, 0.15) is 0 Å². The molecule has 0 rings (SSSR count). The van der Waals surface area contributed by atoms with E-state index in [1.54, 1.807) is 0 Å². The summed E-state index contributed by atoms with van der Waals surface area (Å²) in [6.07, 6.45) is 25.9. The molecule has 0 aliphatic carbocycles. The molecule has 0 spiro atoms. The lowest BCUT2D eigenvalue weighted by Crippen LogP contribution is -2.50. The van der Waals surface area contributed by atoms with Crippen molar-refractivity contribution in [1.29, 1.82) is 0 Å². The Balaban J connectivity index is 0. The molecule has 30 heavy (non-hydrogen) atoms. The molecule has 0 aliphatic heterocycles. The van der Waals surface area contributed by atoms with Crippen LogP contribution in [0.15, 0.2) is 24.3 Å². The van der Waals surface area contributed by atoms with Crippen LogP contribution in [0.25, 0.3) is 0 Å². The molecule has 0 aromatic heterocycles. The SMILES string of the molecule is C/C=C/C=C/CCCCCCC[N+](CCCC)(CCCC)CCCC.CS(=O)(=O)[O-]. The zero-order valence-electron chi connectivity index (χ0n) is 20.7. The first-order valence-electron chi connectivity index (χ1n) is 12.3. The van der Waals surface area contributed by atoms with E-state index in [4.69, 9.17) is 13.0 Å². The van der Waals surface area contributed by atoms with E-state index in [2.05, 4.69) is 52.0 Å². The first kappa shape index (κ1) is 31.5. The summed E-state index contributed by atoms with van der Waals surface area (Å²) >= 11 is 0. The van der Waals surface area contributed by atoms with E-state index < -0.39 is 10.1 Å². The molecule has 0 unspecified atom stereocenters. The molecule has 0 saturated carbocycles. The van der Waals surface area contributed by atoms with Crippen LogP contribution in [0.5, 0.6) is 0 Å². The minimum atomic E-state index is -3.92. The van der Waals surface area contributed by atoms with Crippen LogP contribution in [0.3, 0.4) is 0 Å². The van der Waals surface area contributed by atoms with Gasteiger partial charge >= 0.3 is 0 Å². The number of allylic oxidation sites excluding steroid dienone is 4. The van der Waals surface area contributed by atoms with Crippen molar-refractivity contribution in [3.8, 4) is 0 Å². The molecule has 0 bridgehead atoms. The van der Waals surface area contributed by atoms with Crippen molar-refractivity contribution in [2.75, 3.05) is 32.4 Å². The Morgan fingerprint density at radius 2 is 1.10 bits per heavy atom. The van der Waals surface area contributed by atoms with Gasteiger partial charge in [-0.3, -0.25) is 0 Å². The van der Waals surface area contributed by atoms with Crippen molar-refractivity contribution < 1.29 is 17.5 Å². The molecular formula is C25H51NO3S. The highest BCUT2D eigenvalue weighted by Gasteiger charge is 2.24. The molecule has 0 aromatic rings. The molecule has 0 aromatic carbocycles. The van der Waals surface area contributed by atoms with Crippen molar-refractivity contribution in [3.05, 3.63) is 24.3 Å². The normalized spacial score (nSPS) is 12.5. The lowest BCUT2D eigenvalue weighted by Gasteiger charge is -2.39. The first-order valence-corrected chi connectivity index (χ1v) is 14.1. The van der Waals surface area contributed by atoms with Crippen molar-refractivity contribution >= 4 is 10.1 Å². The molecule has 0 amide bonds. The number of nitrogens with zero attached hydrogens (tertiary/aromatic N) is 1. The second-order valence-corrected chi connectivity index (χ2v) is 9.92. The molecule has 0 heterocycles. The molecule has 0 radical (unpaired) electrons.